The second kappa shape index (κ2) is 6.56. The zero-order valence-electron chi connectivity index (χ0n) is 14.3. The number of hydrogen-bond donors (Lipinski definition) is 1. The SMILES string of the molecule is O=c1c(-c2ccc(OC(F)(F)F)cc2)c(O)c2ccccc2c2ccccc12. The predicted octanol–water partition coefficient (Wildman–Crippen LogP) is 5.62. The van der Waals surface area contributed by atoms with E-state index in [9.17, 15) is 23.1 Å². The summed E-state index contributed by atoms with van der Waals surface area (Å²) in [5, 5.41) is 13.2. The standard InChI is InChI=1S/C22H13F3O3/c23-22(24,25)28-14-11-9-13(10-12-14)19-20(26)17-7-3-1-5-15(17)16-6-2-4-8-18(16)21(19)27/h1-12,26H. The summed E-state index contributed by atoms with van der Waals surface area (Å²) in [4.78, 5) is 13.2. The van der Waals surface area contributed by atoms with Crippen LogP contribution in [0.3, 0.4) is 0 Å². The van der Waals surface area contributed by atoms with Crippen LogP contribution in [0.2, 0.25) is 0 Å². The fourth-order valence-electron chi connectivity index (χ4n) is 3.31. The van der Waals surface area contributed by atoms with Gasteiger partial charge in [0.05, 0.1) is 5.56 Å². The Bertz CT molecular complexity index is 1250. The zero-order chi connectivity index (χ0) is 19.9. The maximum Gasteiger partial charge on any atom is 0.573 e. The molecular weight excluding hydrogens is 369 g/mol. The Hall–Kier alpha value is -3.54. The molecule has 4 rings (SSSR count). The van der Waals surface area contributed by atoms with Gasteiger partial charge in [-0.1, -0.05) is 60.7 Å². The van der Waals surface area contributed by atoms with Gasteiger partial charge in [0.15, 0.2) is 5.43 Å². The molecule has 0 aliphatic heterocycles. The normalized spacial score (nSPS) is 11.7. The molecule has 0 heterocycles. The van der Waals surface area contributed by atoms with Crippen molar-refractivity contribution in [3.05, 3.63) is 83.0 Å². The van der Waals surface area contributed by atoms with Gasteiger partial charge < -0.3 is 9.84 Å². The number of hydrogen-bond acceptors (Lipinski definition) is 3. The van der Waals surface area contributed by atoms with Gasteiger partial charge in [0, 0.05) is 10.8 Å². The summed E-state index contributed by atoms with van der Waals surface area (Å²) in [6.45, 7) is 0. The Morgan fingerprint density at radius 2 is 1.21 bits per heavy atom. The van der Waals surface area contributed by atoms with Gasteiger partial charge in [0.2, 0.25) is 0 Å². The molecule has 140 valence electrons. The first-order valence-electron chi connectivity index (χ1n) is 8.38. The number of rotatable bonds is 2. The van der Waals surface area contributed by atoms with Crippen molar-refractivity contribution in [2.75, 3.05) is 0 Å². The summed E-state index contributed by atoms with van der Waals surface area (Å²) >= 11 is 0. The number of aromatic hydroxyl groups is 1. The van der Waals surface area contributed by atoms with Gasteiger partial charge in [-0.15, -0.1) is 13.2 Å². The third-order valence-electron chi connectivity index (χ3n) is 4.48. The van der Waals surface area contributed by atoms with E-state index < -0.39 is 17.5 Å². The van der Waals surface area contributed by atoms with Crippen molar-refractivity contribution in [2.24, 2.45) is 0 Å². The van der Waals surface area contributed by atoms with Crippen LogP contribution in [0.5, 0.6) is 11.5 Å². The monoisotopic (exact) mass is 382 g/mol. The summed E-state index contributed by atoms with van der Waals surface area (Å²) in [7, 11) is 0. The van der Waals surface area contributed by atoms with Crippen molar-refractivity contribution < 1.29 is 23.0 Å². The molecule has 0 aliphatic rings. The Kier molecular flexibility index (Phi) is 4.19. The van der Waals surface area contributed by atoms with E-state index in [0.717, 1.165) is 12.1 Å². The van der Waals surface area contributed by atoms with Crippen LogP contribution in [0, 0.1) is 0 Å². The average Bonchev–Trinajstić information content (AvgIpc) is 2.76. The van der Waals surface area contributed by atoms with E-state index in [0.29, 0.717) is 27.1 Å². The third-order valence-corrected chi connectivity index (χ3v) is 4.48. The van der Waals surface area contributed by atoms with Gasteiger partial charge in [0.25, 0.3) is 0 Å². The lowest BCUT2D eigenvalue weighted by Gasteiger charge is -2.09. The summed E-state index contributed by atoms with van der Waals surface area (Å²) in [6, 6.07) is 18.9. The largest absolute Gasteiger partial charge is 0.573 e. The lowest BCUT2D eigenvalue weighted by atomic mass is 10.0. The molecule has 0 saturated heterocycles. The van der Waals surface area contributed by atoms with Gasteiger partial charge in [-0.3, -0.25) is 4.79 Å². The van der Waals surface area contributed by atoms with Crippen LogP contribution in [0.25, 0.3) is 32.7 Å². The zero-order valence-corrected chi connectivity index (χ0v) is 14.3. The first-order chi connectivity index (χ1) is 13.3. The summed E-state index contributed by atoms with van der Waals surface area (Å²) in [5.74, 6) is -0.625. The molecule has 4 aromatic carbocycles. The fraction of sp³-hybridized carbons (Fsp3) is 0.0455. The van der Waals surface area contributed by atoms with Crippen LogP contribution in [-0.2, 0) is 0 Å². The molecule has 0 aliphatic carbocycles. The molecule has 0 atom stereocenters. The topological polar surface area (TPSA) is 46.5 Å². The Balaban J connectivity index is 2.03. The maximum absolute atomic E-state index is 13.2. The highest BCUT2D eigenvalue weighted by Gasteiger charge is 2.31. The molecule has 28 heavy (non-hydrogen) atoms. The average molecular weight is 382 g/mol. The van der Waals surface area contributed by atoms with Gasteiger partial charge in [-0.25, -0.2) is 0 Å². The number of ether oxygens (including phenoxy) is 1. The smallest absolute Gasteiger partial charge is 0.507 e. The molecule has 0 bridgehead atoms. The Morgan fingerprint density at radius 3 is 1.79 bits per heavy atom. The van der Waals surface area contributed by atoms with Crippen LogP contribution in [0.1, 0.15) is 0 Å². The minimum Gasteiger partial charge on any atom is -0.507 e. The summed E-state index contributed by atoms with van der Waals surface area (Å²) < 4.78 is 41.0. The number of fused-ring (bicyclic) bond motifs is 3. The fourth-order valence-corrected chi connectivity index (χ4v) is 3.31. The van der Waals surface area contributed by atoms with E-state index in [1.54, 1.807) is 42.5 Å². The Labute approximate surface area is 157 Å². The lowest BCUT2D eigenvalue weighted by Crippen LogP contribution is -2.17. The molecule has 0 aromatic heterocycles. The van der Waals surface area contributed by atoms with Gasteiger partial charge in [-0.2, -0.15) is 0 Å². The number of benzene rings is 3. The minimum atomic E-state index is -4.81. The molecule has 0 unspecified atom stereocenters. The molecule has 0 spiro atoms. The number of halogens is 3. The molecule has 0 radical (unpaired) electrons. The van der Waals surface area contributed by atoms with E-state index in [-0.39, 0.29) is 11.3 Å². The van der Waals surface area contributed by atoms with Crippen molar-refractivity contribution in [2.45, 2.75) is 6.36 Å². The van der Waals surface area contributed by atoms with Crippen LogP contribution in [0.15, 0.2) is 77.6 Å². The summed E-state index contributed by atoms with van der Waals surface area (Å²) in [6.07, 6.45) is -4.81. The lowest BCUT2D eigenvalue weighted by molar-refractivity contribution is -0.274. The van der Waals surface area contributed by atoms with Crippen molar-refractivity contribution in [3.8, 4) is 22.6 Å². The quantitative estimate of drug-likeness (QED) is 0.489. The predicted molar refractivity (Wildman–Crippen MR) is 102 cm³/mol. The molecule has 0 amide bonds. The van der Waals surface area contributed by atoms with Crippen molar-refractivity contribution >= 4 is 21.5 Å². The second-order valence-corrected chi connectivity index (χ2v) is 6.22. The first-order valence-corrected chi connectivity index (χ1v) is 8.38. The molecule has 4 aromatic rings. The minimum absolute atomic E-state index is 0.0240. The number of alkyl halides is 3. The van der Waals surface area contributed by atoms with Crippen LogP contribution in [0.4, 0.5) is 13.2 Å². The van der Waals surface area contributed by atoms with E-state index in [1.165, 1.54) is 12.1 Å². The highest BCUT2D eigenvalue weighted by molar-refractivity contribution is 6.10. The van der Waals surface area contributed by atoms with E-state index in [1.807, 2.05) is 6.07 Å². The molecule has 0 saturated carbocycles. The second-order valence-electron chi connectivity index (χ2n) is 6.22. The van der Waals surface area contributed by atoms with E-state index >= 15 is 0 Å². The molecular formula is C22H13F3O3. The van der Waals surface area contributed by atoms with E-state index in [4.69, 9.17) is 0 Å². The maximum atomic E-state index is 13.2. The third kappa shape index (κ3) is 3.13. The van der Waals surface area contributed by atoms with Crippen LogP contribution >= 0.6 is 0 Å². The molecule has 3 nitrogen and oxygen atoms in total. The van der Waals surface area contributed by atoms with E-state index in [2.05, 4.69) is 4.74 Å². The Morgan fingerprint density at radius 1 is 0.714 bits per heavy atom. The summed E-state index contributed by atoms with van der Waals surface area (Å²) in [5.41, 5.74) is -0.0896. The highest BCUT2D eigenvalue weighted by atomic mass is 19.4. The molecule has 0 fully saturated rings. The molecule has 1 N–H and O–H groups in total. The first kappa shape index (κ1) is 17.9. The molecule has 6 heteroatoms. The van der Waals surface area contributed by atoms with Crippen LogP contribution < -0.4 is 10.2 Å². The van der Waals surface area contributed by atoms with Crippen molar-refractivity contribution in [1.29, 1.82) is 0 Å². The van der Waals surface area contributed by atoms with Gasteiger partial charge in [0.1, 0.15) is 11.5 Å². The van der Waals surface area contributed by atoms with Gasteiger partial charge in [-0.05, 0) is 28.5 Å². The highest BCUT2D eigenvalue weighted by Crippen LogP contribution is 2.36. The van der Waals surface area contributed by atoms with Crippen molar-refractivity contribution in [3.63, 3.8) is 0 Å². The van der Waals surface area contributed by atoms with Crippen LogP contribution in [-0.4, -0.2) is 11.5 Å². The van der Waals surface area contributed by atoms with Gasteiger partial charge >= 0.3 is 6.36 Å². The van der Waals surface area contributed by atoms with Crippen molar-refractivity contribution in [1.82, 2.24) is 0 Å².